The molecule has 3 rings (SSSR count). The van der Waals surface area contributed by atoms with Crippen LogP contribution in [0.1, 0.15) is 20.1 Å². The summed E-state index contributed by atoms with van der Waals surface area (Å²) < 4.78 is 60.9. The van der Waals surface area contributed by atoms with E-state index in [4.69, 9.17) is 18.3 Å². The molecule has 0 radical (unpaired) electrons. The topological polar surface area (TPSA) is 129 Å². The monoisotopic (exact) mass is 398 g/mol. The molecule has 1 aromatic heterocycles. The Balaban J connectivity index is 1.99. The molecule has 2 saturated heterocycles. The van der Waals surface area contributed by atoms with Crippen LogP contribution in [0.4, 0.5) is 8.78 Å². The minimum absolute atomic E-state index is 0.600. The summed E-state index contributed by atoms with van der Waals surface area (Å²) >= 11 is 0. The fourth-order valence-electron chi connectivity index (χ4n) is 2.82. The largest absolute Gasteiger partial charge is 0.475 e. The molecule has 3 heterocycles. The number of aliphatic hydroxyl groups excluding tert-OH is 1. The maximum atomic E-state index is 13.7. The van der Waals surface area contributed by atoms with E-state index in [1.807, 2.05) is 4.98 Å². The van der Waals surface area contributed by atoms with Gasteiger partial charge in [-0.15, -0.1) is 0 Å². The predicted molar refractivity (Wildman–Crippen MR) is 80.8 cm³/mol. The number of nitrogens with zero attached hydrogens (tertiary/aromatic N) is 1. The number of ether oxygens (including phenoxy) is 1. The number of hydrogen-bond acceptors (Lipinski definition) is 8. The average molecular weight is 398 g/mol. The zero-order valence-corrected chi connectivity index (χ0v) is 14.6. The van der Waals surface area contributed by atoms with Crippen LogP contribution in [0, 0.1) is 0 Å². The van der Waals surface area contributed by atoms with Crippen molar-refractivity contribution in [3.8, 4) is 0 Å². The highest BCUT2D eigenvalue weighted by atomic mass is 31.2. The molecule has 5 atom stereocenters. The third kappa shape index (κ3) is 3.17. The Hall–Kier alpha value is -1.43. The van der Waals surface area contributed by atoms with Gasteiger partial charge < -0.3 is 9.84 Å². The number of nitrogens with one attached hydrogen (secondary N) is 1. The van der Waals surface area contributed by atoms with Crippen molar-refractivity contribution in [2.75, 3.05) is 6.61 Å². The van der Waals surface area contributed by atoms with E-state index in [1.165, 1.54) is 13.8 Å². The highest BCUT2D eigenvalue weighted by Crippen LogP contribution is 2.61. The number of aromatic nitrogens is 2. The van der Waals surface area contributed by atoms with Gasteiger partial charge in [0.1, 0.15) is 12.2 Å². The second-order valence-electron chi connectivity index (χ2n) is 6.17. The minimum Gasteiger partial charge on any atom is -0.386 e. The van der Waals surface area contributed by atoms with Crippen LogP contribution in [0.25, 0.3) is 0 Å². The summed E-state index contributed by atoms with van der Waals surface area (Å²) in [4.78, 5) is 25.0. The molecule has 0 saturated carbocycles. The Morgan fingerprint density at radius 1 is 1.46 bits per heavy atom. The molecule has 2 N–H and O–H groups in total. The van der Waals surface area contributed by atoms with E-state index in [0.29, 0.717) is 0 Å². The Bertz CT molecular complexity index is 842. The summed E-state index contributed by atoms with van der Waals surface area (Å²) in [6, 6.07) is 0.957. The zero-order valence-electron chi connectivity index (χ0n) is 13.7. The van der Waals surface area contributed by atoms with Gasteiger partial charge in [-0.1, -0.05) is 0 Å². The van der Waals surface area contributed by atoms with E-state index in [1.54, 1.807) is 0 Å². The van der Waals surface area contributed by atoms with Crippen LogP contribution < -0.4 is 11.2 Å². The van der Waals surface area contributed by atoms with Gasteiger partial charge in [-0.25, -0.2) is 18.1 Å². The molecule has 2 fully saturated rings. The molecule has 1 aromatic rings. The van der Waals surface area contributed by atoms with Crippen molar-refractivity contribution < 1.29 is 36.8 Å². The summed E-state index contributed by atoms with van der Waals surface area (Å²) in [6.45, 7) is 2.18. The lowest BCUT2D eigenvalue weighted by Gasteiger charge is -2.39. The molecule has 2 aliphatic heterocycles. The molecule has 146 valence electrons. The predicted octanol–water partition coefficient (Wildman–Crippen LogP) is 0.379. The first-order valence-electron chi connectivity index (χ1n) is 7.65. The number of alkyl halides is 2. The van der Waals surface area contributed by atoms with Crippen LogP contribution in [0.3, 0.4) is 0 Å². The Morgan fingerprint density at radius 3 is 2.73 bits per heavy atom. The van der Waals surface area contributed by atoms with Crippen molar-refractivity contribution in [2.45, 2.75) is 50.4 Å². The summed E-state index contributed by atoms with van der Waals surface area (Å²) in [5.74, 6) is 0. The van der Waals surface area contributed by atoms with Crippen molar-refractivity contribution in [1.82, 2.24) is 9.55 Å². The van der Waals surface area contributed by atoms with Gasteiger partial charge in [0.05, 0.1) is 12.7 Å². The Kier molecular flexibility index (Phi) is 4.93. The number of aliphatic hydroxyl groups is 1. The third-order valence-electron chi connectivity index (χ3n) is 3.95. The molecule has 2 aliphatic rings. The van der Waals surface area contributed by atoms with Crippen molar-refractivity contribution in [3.63, 3.8) is 0 Å². The maximum Gasteiger partial charge on any atom is 0.475 e. The number of rotatable bonds is 4. The summed E-state index contributed by atoms with van der Waals surface area (Å²) in [7, 11) is -4.22. The molecule has 13 heteroatoms. The quantitative estimate of drug-likeness (QED) is 0.697. The van der Waals surface area contributed by atoms with Crippen molar-refractivity contribution in [2.24, 2.45) is 0 Å². The summed E-state index contributed by atoms with van der Waals surface area (Å²) in [6.07, 6.45) is -8.02. The van der Waals surface area contributed by atoms with Gasteiger partial charge in [0.2, 0.25) is 0 Å². The van der Waals surface area contributed by atoms with Crippen LogP contribution >= 0.6 is 7.82 Å². The number of phosphoric acid groups is 1. The number of aromatic amines is 1. The Morgan fingerprint density at radius 2 is 2.15 bits per heavy atom. The smallest absolute Gasteiger partial charge is 0.386 e. The van der Waals surface area contributed by atoms with Crippen molar-refractivity contribution >= 4 is 7.82 Å². The first-order chi connectivity index (χ1) is 12.1. The number of halogens is 2. The standard InChI is InChI=1S/C13H17F2N2O8P/c1-6(2)24-26(21)22-5-13(11(14)15)9(25-26)8(19)10(23-13)17-4-3-7(18)16-12(17)20/h3-4,6,8-11,19H,5H2,1-2H3,(H,16,18,20). The molecule has 0 spiro atoms. The van der Waals surface area contributed by atoms with Gasteiger partial charge in [0.15, 0.2) is 11.8 Å². The lowest BCUT2D eigenvalue weighted by molar-refractivity contribution is -0.208. The van der Waals surface area contributed by atoms with Crippen molar-refractivity contribution in [3.05, 3.63) is 33.1 Å². The average Bonchev–Trinajstić information content (AvgIpc) is 2.80. The maximum absolute atomic E-state index is 13.7. The second-order valence-corrected chi connectivity index (χ2v) is 7.75. The van der Waals surface area contributed by atoms with Gasteiger partial charge in [0.25, 0.3) is 12.0 Å². The summed E-state index contributed by atoms with van der Waals surface area (Å²) in [5, 5.41) is 10.4. The van der Waals surface area contributed by atoms with Crippen LogP contribution in [0.15, 0.2) is 21.9 Å². The lowest BCUT2D eigenvalue weighted by atomic mass is 9.96. The molecular formula is C13H17F2N2O8P. The van der Waals surface area contributed by atoms with E-state index < -0.39 is 62.2 Å². The molecule has 0 amide bonds. The second kappa shape index (κ2) is 6.63. The fraction of sp³-hybridized carbons (Fsp3) is 0.692. The van der Waals surface area contributed by atoms with Crippen LogP contribution in [-0.4, -0.2) is 51.6 Å². The highest BCUT2D eigenvalue weighted by Gasteiger charge is 2.67. The summed E-state index contributed by atoms with van der Waals surface area (Å²) in [5.41, 5.74) is -4.16. The molecular weight excluding hydrogens is 381 g/mol. The van der Waals surface area contributed by atoms with Crippen molar-refractivity contribution in [1.29, 1.82) is 0 Å². The fourth-order valence-corrected chi connectivity index (χ4v) is 4.45. The van der Waals surface area contributed by atoms with E-state index in [2.05, 4.69) is 0 Å². The molecule has 26 heavy (non-hydrogen) atoms. The van der Waals surface area contributed by atoms with E-state index in [0.717, 1.165) is 16.8 Å². The van der Waals surface area contributed by atoms with Gasteiger partial charge in [-0.05, 0) is 13.8 Å². The SMILES string of the molecule is CC(C)OP1(=O)OCC2(C(F)F)OC(n3ccc(=O)[nH]c3=O)C(O)C2O1. The zero-order chi connectivity index (χ0) is 19.3. The molecule has 0 aromatic carbocycles. The third-order valence-corrected chi connectivity index (χ3v) is 5.56. The van der Waals surface area contributed by atoms with E-state index >= 15 is 0 Å². The van der Waals surface area contributed by atoms with Crippen LogP contribution in [0.5, 0.6) is 0 Å². The first kappa shape index (κ1) is 19.3. The minimum atomic E-state index is -4.22. The van der Waals surface area contributed by atoms with Crippen LogP contribution in [0.2, 0.25) is 0 Å². The van der Waals surface area contributed by atoms with Gasteiger partial charge in [0, 0.05) is 12.3 Å². The van der Waals surface area contributed by atoms with E-state index in [-0.39, 0.29) is 0 Å². The van der Waals surface area contributed by atoms with Gasteiger partial charge in [-0.3, -0.25) is 27.9 Å². The molecule has 10 nitrogen and oxygen atoms in total. The number of phosphoric ester groups is 1. The molecule has 0 aliphatic carbocycles. The highest BCUT2D eigenvalue weighted by molar-refractivity contribution is 7.48. The van der Waals surface area contributed by atoms with Crippen LogP contribution in [-0.2, 0) is 22.9 Å². The Labute approximate surface area is 145 Å². The number of hydrogen-bond donors (Lipinski definition) is 2. The molecule has 0 bridgehead atoms. The van der Waals surface area contributed by atoms with E-state index in [9.17, 15) is 28.0 Å². The number of H-pyrrole nitrogens is 1. The number of fused-ring (bicyclic) bond motifs is 1. The first-order valence-corrected chi connectivity index (χ1v) is 9.11. The normalized spacial score (nSPS) is 37.3. The van der Waals surface area contributed by atoms with Gasteiger partial charge in [-0.2, -0.15) is 0 Å². The molecule has 5 unspecified atom stereocenters. The van der Waals surface area contributed by atoms with Gasteiger partial charge >= 0.3 is 13.5 Å². The lowest BCUT2D eigenvalue weighted by Crippen LogP contribution is -2.56.